The van der Waals surface area contributed by atoms with E-state index < -0.39 is 0 Å². The lowest BCUT2D eigenvalue weighted by Gasteiger charge is -2.10. The molecule has 0 atom stereocenters. The van der Waals surface area contributed by atoms with Gasteiger partial charge >= 0.3 is 0 Å². The largest absolute Gasteiger partial charge is 0.495 e. The zero-order valence-electron chi connectivity index (χ0n) is 18.4. The van der Waals surface area contributed by atoms with Gasteiger partial charge in [0.25, 0.3) is 0 Å². The number of anilines is 1. The molecule has 3 rings (SSSR count). The van der Waals surface area contributed by atoms with Gasteiger partial charge in [0.05, 0.1) is 23.5 Å². The quantitative estimate of drug-likeness (QED) is 0.258. The average Bonchev–Trinajstić information content (AvgIpc) is 2.83. The van der Waals surface area contributed by atoms with Gasteiger partial charge in [0.2, 0.25) is 11.8 Å². The van der Waals surface area contributed by atoms with Crippen molar-refractivity contribution >= 4 is 51.2 Å². The minimum absolute atomic E-state index is 0.00313. The SMILES string of the molecule is COc1ccccc1NC(=O)CCC(=O)NN=Cc1ccc(OCc2ccccc2Cl)c(Br)c1. The van der Waals surface area contributed by atoms with E-state index in [9.17, 15) is 9.59 Å². The molecule has 34 heavy (non-hydrogen) atoms. The Bertz CT molecular complexity index is 1190. The lowest BCUT2D eigenvalue weighted by molar-refractivity contribution is -0.124. The third-order valence-corrected chi connectivity index (χ3v) is 5.65. The molecule has 0 saturated carbocycles. The number of nitrogens with one attached hydrogen (secondary N) is 2. The first kappa shape index (κ1) is 25.3. The van der Waals surface area contributed by atoms with E-state index in [1.165, 1.54) is 13.3 Å². The molecule has 176 valence electrons. The van der Waals surface area contributed by atoms with E-state index in [1.807, 2.05) is 36.4 Å². The van der Waals surface area contributed by atoms with E-state index >= 15 is 0 Å². The number of hydrogen-bond acceptors (Lipinski definition) is 5. The van der Waals surface area contributed by atoms with Crippen molar-refractivity contribution in [3.05, 3.63) is 87.4 Å². The summed E-state index contributed by atoms with van der Waals surface area (Å²) >= 11 is 9.63. The van der Waals surface area contributed by atoms with E-state index in [0.717, 1.165) is 15.6 Å². The van der Waals surface area contributed by atoms with E-state index in [4.69, 9.17) is 21.1 Å². The number of carbonyl (C=O) groups is 2. The monoisotopic (exact) mass is 543 g/mol. The molecule has 2 amide bonds. The molecule has 2 N–H and O–H groups in total. The smallest absolute Gasteiger partial charge is 0.240 e. The summed E-state index contributed by atoms with van der Waals surface area (Å²) in [5.41, 5.74) is 4.62. The number of para-hydroxylation sites is 2. The number of rotatable bonds is 10. The van der Waals surface area contributed by atoms with Gasteiger partial charge in [-0.3, -0.25) is 9.59 Å². The van der Waals surface area contributed by atoms with Crippen molar-refractivity contribution in [1.29, 1.82) is 0 Å². The molecule has 3 aromatic carbocycles. The van der Waals surface area contributed by atoms with Crippen LogP contribution >= 0.6 is 27.5 Å². The van der Waals surface area contributed by atoms with E-state index in [1.54, 1.807) is 30.3 Å². The van der Waals surface area contributed by atoms with Crippen LogP contribution in [-0.2, 0) is 16.2 Å². The van der Waals surface area contributed by atoms with Crippen molar-refractivity contribution in [3.63, 3.8) is 0 Å². The highest BCUT2D eigenvalue weighted by atomic mass is 79.9. The van der Waals surface area contributed by atoms with E-state index in [2.05, 4.69) is 31.8 Å². The average molecular weight is 545 g/mol. The second-order valence-electron chi connectivity index (χ2n) is 7.11. The number of amides is 2. The third kappa shape index (κ3) is 7.60. The predicted octanol–water partition coefficient (Wildman–Crippen LogP) is 5.56. The highest BCUT2D eigenvalue weighted by Crippen LogP contribution is 2.27. The Morgan fingerprint density at radius 3 is 2.50 bits per heavy atom. The Morgan fingerprint density at radius 2 is 1.74 bits per heavy atom. The highest BCUT2D eigenvalue weighted by molar-refractivity contribution is 9.10. The fraction of sp³-hybridized carbons (Fsp3) is 0.160. The van der Waals surface area contributed by atoms with Crippen molar-refractivity contribution < 1.29 is 19.1 Å². The summed E-state index contributed by atoms with van der Waals surface area (Å²) in [4.78, 5) is 24.1. The first-order valence-corrected chi connectivity index (χ1v) is 11.5. The first-order chi connectivity index (χ1) is 16.5. The molecule has 0 heterocycles. The van der Waals surface area contributed by atoms with Gasteiger partial charge in [-0.15, -0.1) is 0 Å². The van der Waals surface area contributed by atoms with Gasteiger partial charge in [0, 0.05) is 23.4 Å². The molecule has 0 saturated heterocycles. The fourth-order valence-electron chi connectivity index (χ4n) is 2.91. The van der Waals surface area contributed by atoms with Crippen LogP contribution in [0.4, 0.5) is 5.69 Å². The van der Waals surface area contributed by atoms with Crippen molar-refractivity contribution in [1.82, 2.24) is 5.43 Å². The number of benzene rings is 3. The summed E-state index contributed by atoms with van der Waals surface area (Å²) < 4.78 is 11.8. The Labute approximate surface area is 211 Å². The van der Waals surface area contributed by atoms with Crippen LogP contribution in [0.3, 0.4) is 0 Å². The lowest BCUT2D eigenvalue weighted by Crippen LogP contribution is -2.20. The normalized spacial score (nSPS) is 10.7. The lowest BCUT2D eigenvalue weighted by atomic mass is 10.2. The van der Waals surface area contributed by atoms with Crippen LogP contribution < -0.4 is 20.2 Å². The number of carbonyl (C=O) groups excluding carboxylic acids is 2. The third-order valence-electron chi connectivity index (χ3n) is 4.66. The number of hydrazone groups is 1. The van der Waals surface area contributed by atoms with Crippen molar-refractivity contribution in [2.45, 2.75) is 19.4 Å². The molecule has 0 aliphatic rings. The minimum Gasteiger partial charge on any atom is -0.495 e. The molecule has 0 unspecified atom stereocenters. The molecular weight excluding hydrogens is 522 g/mol. The van der Waals surface area contributed by atoms with Crippen LogP contribution in [0.15, 0.2) is 76.3 Å². The van der Waals surface area contributed by atoms with Gasteiger partial charge in [-0.2, -0.15) is 5.10 Å². The molecule has 0 aliphatic heterocycles. The number of methoxy groups -OCH3 is 1. The molecule has 0 aromatic heterocycles. The second-order valence-corrected chi connectivity index (χ2v) is 8.37. The summed E-state index contributed by atoms with van der Waals surface area (Å²) in [7, 11) is 1.52. The Balaban J connectivity index is 1.44. The van der Waals surface area contributed by atoms with E-state index in [0.29, 0.717) is 28.8 Å². The minimum atomic E-state index is -0.370. The molecule has 0 spiro atoms. The van der Waals surface area contributed by atoms with Crippen LogP contribution in [0.25, 0.3) is 0 Å². The van der Waals surface area contributed by atoms with E-state index in [-0.39, 0.29) is 24.7 Å². The topological polar surface area (TPSA) is 89.0 Å². The maximum Gasteiger partial charge on any atom is 0.240 e. The number of ether oxygens (including phenoxy) is 2. The maximum atomic E-state index is 12.1. The van der Waals surface area contributed by atoms with Crippen LogP contribution in [0, 0.1) is 0 Å². The number of halogens is 2. The summed E-state index contributed by atoms with van der Waals surface area (Å²) in [6, 6.07) is 20.0. The number of hydrogen-bond donors (Lipinski definition) is 2. The molecule has 3 aromatic rings. The summed E-state index contributed by atoms with van der Waals surface area (Å²) in [6.45, 7) is 0.340. The molecule has 0 fully saturated rings. The molecule has 0 aliphatic carbocycles. The van der Waals surface area contributed by atoms with Gasteiger partial charge in [-0.25, -0.2) is 5.43 Å². The first-order valence-electron chi connectivity index (χ1n) is 10.4. The number of nitrogens with zero attached hydrogens (tertiary/aromatic N) is 1. The molecule has 0 bridgehead atoms. The Kier molecular flexibility index (Phi) is 9.49. The van der Waals surface area contributed by atoms with Crippen LogP contribution in [-0.4, -0.2) is 25.1 Å². The Morgan fingerprint density at radius 1 is 1.00 bits per heavy atom. The molecule has 7 nitrogen and oxygen atoms in total. The Hall–Kier alpha value is -3.36. The fourth-order valence-corrected chi connectivity index (χ4v) is 3.61. The van der Waals surface area contributed by atoms with Gasteiger partial charge in [0.15, 0.2) is 0 Å². The zero-order valence-corrected chi connectivity index (χ0v) is 20.7. The van der Waals surface area contributed by atoms with Gasteiger partial charge < -0.3 is 14.8 Å². The van der Waals surface area contributed by atoms with Crippen molar-refractivity contribution in [3.8, 4) is 11.5 Å². The van der Waals surface area contributed by atoms with Crippen LogP contribution in [0.1, 0.15) is 24.0 Å². The predicted molar refractivity (Wildman–Crippen MR) is 137 cm³/mol. The zero-order chi connectivity index (χ0) is 24.3. The molecular formula is C25H23BrClN3O4. The van der Waals surface area contributed by atoms with Gasteiger partial charge in [0.1, 0.15) is 18.1 Å². The standard InChI is InChI=1S/C25H23BrClN3O4/c1-33-23-9-5-4-8-21(23)29-24(31)12-13-25(32)30-28-15-17-10-11-22(19(26)14-17)34-16-18-6-2-3-7-20(18)27/h2-11,14-15H,12-13,16H2,1H3,(H,29,31)(H,30,32). The summed E-state index contributed by atoms with van der Waals surface area (Å²) in [6.07, 6.45) is 1.52. The molecule has 9 heteroatoms. The summed E-state index contributed by atoms with van der Waals surface area (Å²) in [5.74, 6) is 0.545. The van der Waals surface area contributed by atoms with Gasteiger partial charge in [-0.05, 0) is 57.9 Å². The van der Waals surface area contributed by atoms with Crippen molar-refractivity contribution in [2.24, 2.45) is 5.10 Å². The maximum absolute atomic E-state index is 12.1. The second kappa shape index (κ2) is 12.8. The van der Waals surface area contributed by atoms with Crippen molar-refractivity contribution in [2.75, 3.05) is 12.4 Å². The molecule has 0 radical (unpaired) electrons. The van der Waals surface area contributed by atoms with Gasteiger partial charge in [-0.1, -0.05) is 41.9 Å². The highest BCUT2D eigenvalue weighted by Gasteiger charge is 2.09. The summed E-state index contributed by atoms with van der Waals surface area (Å²) in [5, 5.41) is 7.33. The van der Waals surface area contributed by atoms with Crippen LogP contribution in [0.5, 0.6) is 11.5 Å². The van der Waals surface area contributed by atoms with Crippen LogP contribution in [0.2, 0.25) is 5.02 Å².